The van der Waals surface area contributed by atoms with Gasteiger partial charge in [0.25, 0.3) is 5.91 Å². The minimum absolute atomic E-state index is 0.115. The topological polar surface area (TPSA) is 55.1 Å². The highest BCUT2D eigenvalue weighted by molar-refractivity contribution is 7.80. The zero-order chi connectivity index (χ0) is 15.4. The minimum atomic E-state index is -0.115. The number of thiocarbonyl (C=S) groups is 1. The highest BCUT2D eigenvalue weighted by Crippen LogP contribution is 2.19. The number of aryl methyl sites for hydroxylation is 2. The summed E-state index contributed by atoms with van der Waals surface area (Å²) in [5.41, 5.74) is 9.81. The second kappa shape index (κ2) is 6.50. The normalized spacial score (nSPS) is 10.2. The van der Waals surface area contributed by atoms with Crippen LogP contribution in [0.1, 0.15) is 34.0 Å². The van der Waals surface area contributed by atoms with Crippen LogP contribution in [0.15, 0.2) is 42.5 Å². The number of hydrogen-bond donors (Lipinski definition) is 2. The average Bonchev–Trinajstić information content (AvgIpc) is 2.49. The number of carbonyl (C=O) groups is 1. The third kappa shape index (κ3) is 3.47. The second-order valence-electron chi connectivity index (χ2n) is 4.86. The van der Waals surface area contributed by atoms with Crippen molar-refractivity contribution < 1.29 is 4.79 Å². The van der Waals surface area contributed by atoms with Gasteiger partial charge in [-0.25, -0.2) is 0 Å². The average molecular weight is 298 g/mol. The fraction of sp³-hybridized carbons (Fsp3) is 0.176. The Morgan fingerprint density at radius 3 is 2.62 bits per heavy atom. The van der Waals surface area contributed by atoms with Crippen LogP contribution < -0.4 is 11.1 Å². The van der Waals surface area contributed by atoms with Crippen molar-refractivity contribution in [3.05, 3.63) is 64.7 Å². The number of amides is 1. The smallest absolute Gasteiger partial charge is 0.255 e. The van der Waals surface area contributed by atoms with E-state index in [1.165, 1.54) is 0 Å². The molecule has 0 unspecified atom stereocenters. The van der Waals surface area contributed by atoms with Crippen LogP contribution in [0.4, 0.5) is 5.69 Å². The summed E-state index contributed by atoms with van der Waals surface area (Å²) in [5.74, 6) is -0.115. The van der Waals surface area contributed by atoms with E-state index in [1.54, 1.807) is 0 Å². The molecular weight excluding hydrogens is 280 g/mol. The second-order valence-corrected chi connectivity index (χ2v) is 5.30. The van der Waals surface area contributed by atoms with E-state index in [1.807, 2.05) is 56.3 Å². The zero-order valence-electron chi connectivity index (χ0n) is 12.1. The Morgan fingerprint density at radius 1 is 1.24 bits per heavy atom. The first-order chi connectivity index (χ1) is 10.0. The lowest BCUT2D eigenvalue weighted by Gasteiger charge is -2.12. The summed E-state index contributed by atoms with van der Waals surface area (Å²) in [6.45, 7) is 3.97. The molecule has 2 aromatic carbocycles. The predicted octanol–water partition coefficient (Wildman–Crippen LogP) is 3.44. The van der Waals surface area contributed by atoms with Crippen LogP contribution in [0.25, 0.3) is 0 Å². The Bertz CT molecular complexity index is 695. The van der Waals surface area contributed by atoms with Gasteiger partial charge in [-0.3, -0.25) is 4.79 Å². The van der Waals surface area contributed by atoms with Gasteiger partial charge >= 0.3 is 0 Å². The van der Waals surface area contributed by atoms with E-state index in [-0.39, 0.29) is 5.91 Å². The third-order valence-electron chi connectivity index (χ3n) is 3.41. The van der Waals surface area contributed by atoms with Crippen LogP contribution in [-0.2, 0) is 6.42 Å². The van der Waals surface area contributed by atoms with E-state index in [0.29, 0.717) is 10.6 Å². The molecular formula is C17H18N2OS. The quantitative estimate of drug-likeness (QED) is 0.850. The Morgan fingerprint density at radius 2 is 1.95 bits per heavy atom. The molecule has 0 saturated carbocycles. The molecule has 1 amide bonds. The molecule has 0 aliphatic heterocycles. The van der Waals surface area contributed by atoms with E-state index in [9.17, 15) is 4.79 Å². The molecule has 0 saturated heterocycles. The molecule has 0 radical (unpaired) electrons. The van der Waals surface area contributed by atoms with Gasteiger partial charge in [-0.15, -0.1) is 0 Å². The van der Waals surface area contributed by atoms with E-state index in [0.717, 1.165) is 28.8 Å². The first-order valence-electron chi connectivity index (χ1n) is 6.82. The van der Waals surface area contributed by atoms with E-state index < -0.39 is 0 Å². The van der Waals surface area contributed by atoms with Crippen molar-refractivity contribution in [2.45, 2.75) is 20.3 Å². The summed E-state index contributed by atoms with van der Waals surface area (Å²) in [5, 5.41) is 2.94. The molecule has 2 aromatic rings. The molecule has 0 aliphatic rings. The maximum Gasteiger partial charge on any atom is 0.255 e. The summed E-state index contributed by atoms with van der Waals surface area (Å²) >= 11 is 4.98. The minimum Gasteiger partial charge on any atom is -0.389 e. The lowest BCUT2D eigenvalue weighted by Crippen LogP contribution is -2.16. The number of hydrogen-bond acceptors (Lipinski definition) is 2. The molecule has 21 heavy (non-hydrogen) atoms. The van der Waals surface area contributed by atoms with Crippen molar-refractivity contribution in [1.82, 2.24) is 0 Å². The first kappa shape index (κ1) is 15.2. The number of nitrogens with one attached hydrogen (secondary N) is 1. The van der Waals surface area contributed by atoms with Crippen molar-refractivity contribution in [2.24, 2.45) is 5.73 Å². The van der Waals surface area contributed by atoms with Crippen LogP contribution in [0, 0.1) is 6.92 Å². The fourth-order valence-corrected chi connectivity index (χ4v) is 2.28. The summed E-state index contributed by atoms with van der Waals surface area (Å²) in [6.07, 6.45) is 0.815. The van der Waals surface area contributed by atoms with Gasteiger partial charge in [0.2, 0.25) is 0 Å². The van der Waals surface area contributed by atoms with Gasteiger partial charge in [0.1, 0.15) is 4.99 Å². The number of benzene rings is 2. The van der Waals surface area contributed by atoms with Gasteiger partial charge in [-0.2, -0.15) is 0 Å². The SMILES string of the molecule is CCc1ccccc1C(=O)Nc1cc(C(N)=S)ccc1C. The van der Waals surface area contributed by atoms with Gasteiger partial charge < -0.3 is 11.1 Å². The zero-order valence-corrected chi connectivity index (χ0v) is 13.0. The molecule has 0 fully saturated rings. The summed E-state index contributed by atoms with van der Waals surface area (Å²) < 4.78 is 0. The molecule has 0 aromatic heterocycles. The molecule has 2 rings (SSSR count). The van der Waals surface area contributed by atoms with Crippen LogP contribution in [-0.4, -0.2) is 10.9 Å². The highest BCUT2D eigenvalue weighted by Gasteiger charge is 2.11. The van der Waals surface area contributed by atoms with Crippen molar-refractivity contribution in [2.75, 3.05) is 5.32 Å². The fourth-order valence-electron chi connectivity index (χ4n) is 2.15. The lowest BCUT2D eigenvalue weighted by molar-refractivity contribution is 0.102. The standard InChI is InChI=1S/C17H18N2OS/c1-3-12-6-4-5-7-14(12)17(20)19-15-10-13(16(18)21)9-8-11(15)2/h4-10H,3H2,1-2H3,(H2,18,21)(H,19,20). The van der Waals surface area contributed by atoms with Crippen molar-refractivity contribution in [3.63, 3.8) is 0 Å². The van der Waals surface area contributed by atoms with Gasteiger partial charge in [0, 0.05) is 16.8 Å². The summed E-state index contributed by atoms with van der Waals surface area (Å²) in [7, 11) is 0. The monoisotopic (exact) mass is 298 g/mol. The molecule has 0 aliphatic carbocycles. The van der Waals surface area contributed by atoms with E-state index >= 15 is 0 Å². The third-order valence-corrected chi connectivity index (χ3v) is 3.65. The van der Waals surface area contributed by atoms with Crippen LogP contribution in [0.3, 0.4) is 0 Å². The van der Waals surface area contributed by atoms with Gasteiger partial charge in [0.05, 0.1) is 0 Å². The summed E-state index contributed by atoms with van der Waals surface area (Å²) in [6, 6.07) is 13.2. The van der Waals surface area contributed by atoms with Crippen LogP contribution >= 0.6 is 12.2 Å². The van der Waals surface area contributed by atoms with E-state index in [4.69, 9.17) is 18.0 Å². The molecule has 0 heterocycles. The Kier molecular flexibility index (Phi) is 4.70. The Hall–Kier alpha value is -2.20. The maximum atomic E-state index is 12.5. The molecule has 4 heteroatoms. The molecule has 3 nitrogen and oxygen atoms in total. The Balaban J connectivity index is 2.31. The number of anilines is 1. The van der Waals surface area contributed by atoms with Gasteiger partial charge in [-0.1, -0.05) is 49.5 Å². The van der Waals surface area contributed by atoms with Crippen molar-refractivity contribution in [1.29, 1.82) is 0 Å². The molecule has 0 atom stereocenters. The lowest BCUT2D eigenvalue weighted by atomic mass is 10.0. The maximum absolute atomic E-state index is 12.5. The van der Waals surface area contributed by atoms with Gasteiger partial charge in [0.15, 0.2) is 0 Å². The number of nitrogens with two attached hydrogens (primary N) is 1. The van der Waals surface area contributed by atoms with E-state index in [2.05, 4.69) is 5.32 Å². The van der Waals surface area contributed by atoms with Gasteiger partial charge in [-0.05, 0) is 36.6 Å². The predicted molar refractivity (Wildman–Crippen MR) is 90.8 cm³/mol. The molecule has 0 bridgehead atoms. The molecule has 0 spiro atoms. The molecule has 108 valence electrons. The molecule has 3 N–H and O–H groups in total. The Labute approximate surface area is 130 Å². The van der Waals surface area contributed by atoms with Crippen molar-refractivity contribution in [3.8, 4) is 0 Å². The number of carbonyl (C=O) groups excluding carboxylic acids is 1. The highest BCUT2D eigenvalue weighted by atomic mass is 32.1. The first-order valence-corrected chi connectivity index (χ1v) is 7.23. The van der Waals surface area contributed by atoms with Crippen LogP contribution in [0.5, 0.6) is 0 Å². The van der Waals surface area contributed by atoms with Crippen molar-refractivity contribution >= 4 is 28.8 Å². The summed E-state index contributed by atoms with van der Waals surface area (Å²) in [4.78, 5) is 12.8. The van der Waals surface area contributed by atoms with Crippen LogP contribution in [0.2, 0.25) is 0 Å². The largest absolute Gasteiger partial charge is 0.389 e. The number of rotatable bonds is 4.